The highest BCUT2D eigenvalue weighted by atomic mass is 31.1. The Balaban J connectivity index is 2.48. The van der Waals surface area contributed by atoms with E-state index in [4.69, 9.17) is 9.63 Å². The molecule has 1 unspecified atom stereocenters. The van der Waals surface area contributed by atoms with Crippen molar-refractivity contribution in [2.75, 3.05) is 0 Å². The molecule has 1 rings (SSSR count). The van der Waals surface area contributed by atoms with Gasteiger partial charge in [0.15, 0.2) is 0 Å². The van der Waals surface area contributed by atoms with Crippen LogP contribution in [0.5, 0.6) is 0 Å². The summed E-state index contributed by atoms with van der Waals surface area (Å²) in [6.45, 7) is 5.53. The summed E-state index contributed by atoms with van der Waals surface area (Å²) < 4.78 is 16.2. The molecule has 1 heterocycles. The molecule has 80 valence electrons. The van der Waals surface area contributed by atoms with Crippen LogP contribution in [0.3, 0.4) is 0 Å². The quantitative estimate of drug-likeness (QED) is 0.598. The van der Waals surface area contributed by atoms with Gasteiger partial charge in [0.1, 0.15) is 6.23 Å². The van der Waals surface area contributed by atoms with Crippen molar-refractivity contribution in [1.82, 2.24) is 10.4 Å². The Kier molecular flexibility index (Phi) is 4.48. The van der Waals surface area contributed by atoms with Crippen LogP contribution in [0, 0.1) is 0 Å². The molecule has 0 saturated carbocycles. The molecule has 1 fully saturated rings. The minimum atomic E-state index is -2.31. The van der Waals surface area contributed by atoms with Crippen LogP contribution in [-0.2, 0) is 9.30 Å². The molecular weight excluding hydrogens is 203 g/mol. The van der Waals surface area contributed by atoms with E-state index in [-0.39, 0.29) is 18.4 Å². The van der Waals surface area contributed by atoms with Crippen LogP contribution in [0.2, 0.25) is 0 Å². The topological polar surface area (TPSA) is 70.6 Å². The van der Waals surface area contributed by atoms with E-state index in [2.05, 4.69) is 17.0 Å². The zero-order valence-electron chi connectivity index (χ0n) is 8.14. The van der Waals surface area contributed by atoms with E-state index in [1.54, 1.807) is 6.20 Å². The third-order valence-electron chi connectivity index (χ3n) is 2.24. The van der Waals surface area contributed by atoms with E-state index in [0.29, 0.717) is 6.42 Å². The number of ether oxygens (including phenoxy) is 1. The fourth-order valence-electron chi connectivity index (χ4n) is 1.64. The first-order valence-electron chi connectivity index (χ1n) is 4.62. The van der Waals surface area contributed by atoms with Gasteiger partial charge in [-0.15, -0.1) is 4.89 Å². The lowest BCUT2D eigenvalue weighted by atomic mass is 10.1. The molecular formula is C8H16N2O3P+. The zero-order valence-corrected chi connectivity index (χ0v) is 9.04. The van der Waals surface area contributed by atoms with Crippen molar-refractivity contribution in [3.63, 3.8) is 0 Å². The molecule has 1 aliphatic rings. The summed E-state index contributed by atoms with van der Waals surface area (Å²) >= 11 is 0. The van der Waals surface area contributed by atoms with Gasteiger partial charge >= 0.3 is 8.18 Å². The molecule has 4 atom stereocenters. The molecule has 3 N–H and O–H groups in total. The summed E-state index contributed by atoms with van der Waals surface area (Å²) in [6.07, 6.45) is 2.93. The zero-order chi connectivity index (χ0) is 10.6. The molecule has 0 spiro atoms. The van der Waals surface area contributed by atoms with Gasteiger partial charge in [-0.25, -0.2) is 0 Å². The van der Waals surface area contributed by atoms with Gasteiger partial charge in [-0.3, -0.25) is 0 Å². The Bertz CT molecular complexity index is 225. The second-order valence-electron chi connectivity index (χ2n) is 3.19. The highest BCUT2D eigenvalue weighted by molar-refractivity contribution is 7.35. The smallest absolute Gasteiger partial charge is 0.367 e. The van der Waals surface area contributed by atoms with Crippen LogP contribution in [0.4, 0.5) is 0 Å². The number of rotatable bonds is 5. The molecule has 5 nitrogen and oxygen atoms in total. The lowest BCUT2D eigenvalue weighted by Gasteiger charge is -2.12. The second-order valence-corrected chi connectivity index (χ2v) is 3.99. The largest absolute Gasteiger partial charge is 0.610 e. The van der Waals surface area contributed by atoms with Crippen molar-refractivity contribution in [1.29, 1.82) is 0 Å². The van der Waals surface area contributed by atoms with Gasteiger partial charge < -0.3 is 10.1 Å². The molecule has 0 aromatic rings. The van der Waals surface area contributed by atoms with E-state index in [1.165, 1.54) is 0 Å². The standard InChI is InChI=1S/C8H15N2O3P/c1-3-7-6(10-14(11)12)5-8(13-7)9-4-2/h4,6-9H,2-3,5H2,1H3,(H-,10,11,12)/p+1/t6-,7+,8+/m0/s1. The van der Waals surface area contributed by atoms with Crippen LogP contribution in [0.25, 0.3) is 0 Å². The van der Waals surface area contributed by atoms with Crippen molar-refractivity contribution in [2.24, 2.45) is 0 Å². The van der Waals surface area contributed by atoms with Crippen molar-refractivity contribution in [3.8, 4) is 0 Å². The van der Waals surface area contributed by atoms with Crippen LogP contribution in [-0.4, -0.2) is 23.3 Å². The Hall–Kier alpha value is -0.480. The van der Waals surface area contributed by atoms with E-state index in [9.17, 15) is 4.57 Å². The van der Waals surface area contributed by atoms with Crippen molar-refractivity contribution in [2.45, 2.75) is 38.1 Å². The van der Waals surface area contributed by atoms with Crippen LogP contribution in [0.1, 0.15) is 19.8 Å². The molecule has 6 heteroatoms. The molecule has 1 aliphatic heterocycles. The van der Waals surface area contributed by atoms with Crippen LogP contribution < -0.4 is 10.4 Å². The summed E-state index contributed by atoms with van der Waals surface area (Å²) in [5.41, 5.74) is 0. The van der Waals surface area contributed by atoms with Gasteiger partial charge in [0.2, 0.25) is 0 Å². The van der Waals surface area contributed by atoms with Gasteiger partial charge in [0.05, 0.1) is 12.1 Å². The van der Waals surface area contributed by atoms with Crippen molar-refractivity contribution < 1.29 is 14.2 Å². The third kappa shape index (κ3) is 3.03. The fourth-order valence-corrected chi connectivity index (χ4v) is 2.20. The number of hydrogen-bond donors (Lipinski definition) is 3. The van der Waals surface area contributed by atoms with Crippen molar-refractivity contribution in [3.05, 3.63) is 12.8 Å². The maximum absolute atomic E-state index is 10.6. The molecule has 0 aliphatic carbocycles. The van der Waals surface area contributed by atoms with Crippen molar-refractivity contribution >= 4 is 8.18 Å². The summed E-state index contributed by atoms with van der Waals surface area (Å²) in [5.74, 6) is 0. The Morgan fingerprint density at radius 1 is 1.79 bits per heavy atom. The monoisotopic (exact) mass is 219 g/mol. The molecule has 14 heavy (non-hydrogen) atoms. The summed E-state index contributed by atoms with van der Waals surface area (Å²) in [7, 11) is -2.31. The first-order chi connectivity index (χ1) is 6.67. The number of nitrogens with one attached hydrogen (secondary N) is 2. The maximum atomic E-state index is 10.6. The minimum Gasteiger partial charge on any atom is -0.367 e. The average Bonchev–Trinajstić information content (AvgIpc) is 2.47. The molecule has 1 saturated heterocycles. The van der Waals surface area contributed by atoms with E-state index in [0.717, 1.165) is 6.42 Å². The Morgan fingerprint density at radius 3 is 3.00 bits per heavy atom. The first kappa shape index (κ1) is 11.6. The molecule has 0 bridgehead atoms. The molecule has 0 radical (unpaired) electrons. The van der Waals surface area contributed by atoms with Gasteiger partial charge in [0, 0.05) is 6.42 Å². The third-order valence-corrected chi connectivity index (χ3v) is 2.79. The number of hydrogen-bond acceptors (Lipinski definition) is 3. The highest BCUT2D eigenvalue weighted by Crippen LogP contribution is 2.24. The SMILES string of the molecule is C=CN[C@H]1C[C@H](N[P+](=O)O)[C@@H](CC)O1. The lowest BCUT2D eigenvalue weighted by molar-refractivity contribution is 0.0279. The van der Waals surface area contributed by atoms with E-state index in [1.807, 2.05) is 6.92 Å². The van der Waals surface area contributed by atoms with E-state index < -0.39 is 8.18 Å². The van der Waals surface area contributed by atoms with Gasteiger partial charge in [0.25, 0.3) is 0 Å². The second kappa shape index (κ2) is 5.41. The normalized spacial score (nSPS) is 32.7. The van der Waals surface area contributed by atoms with Gasteiger partial charge in [-0.05, 0) is 17.2 Å². The summed E-state index contributed by atoms with van der Waals surface area (Å²) in [5, 5.41) is 5.53. The molecule has 0 aromatic carbocycles. The first-order valence-corrected chi connectivity index (χ1v) is 5.83. The lowest BCUT2D eigenvalue weighted by Crippen LogP contribution is -2.31. The predicted molar refractivity (Wildman–Crippen MR) is 53.7 cm³/mol. The Morgan fingerprint density at radius 2 is 2.50 bits per heavy atom. The van der Waals surface area contributed by atoms with Gasteiger partial charge in [-0.1, -0.05) is 18.6 Å². The predicted octanol–water partition coefficient (Wildman–Crippen LogP) is 0.852. The maximum Gasteiger partial charge on any atom is 0.610 e. The van der Waals surface area contributed by atoms with E-state index >= 15 is 0 Å². The Labute approximate surface area is 84.5 Å². The van der Waals surface area contributed by atoms with Crippen LogP contribution in [0.15, 0.2) is 12.8 Å². The minimum absolute atomic E-state index is 0.0152. The average molecular weight is 219 g/mol. The molecule has 0 amide bonds. The fraction of sp³-hybridized carbons (Fsp3) is 0.750. The summed E-state index contributed by atoms with van der Waals surface area (Å²) in [6, 6.07) is -0.0638. The van der Waals surface area contributed by atoms with Gasteiger partial charge in [-0.2, -0.15) is 0 Å². The summed E-state index contributed by atoms with van der Waals surface area (Å²) in [4.78, 5) is 8.74. The van der Waals surface area contributed by atoms with Crippen LogP contribution >= 0.6 is 8.18 Å². The molecule has 0 aromatic heterocycles. The highest BCUT2D eigenvalue weighted by Gasteiger charge is 2.37.